The molecule has 1 saturated heterocycles. The van der Waals surface area contributed by atoms with Crippen LogP contribution in [0.15, 0.2) is 10.5 Å². The van der Waals surface area contributed by atoms with Crippen molar-refractivity contribution < 1.29 is 13.9 Å². The van der Waals surface area contributed by atoms with E-state index in [0.29, 0.717) is 28.1 Å². The average molecular weight is 333 g/mol. The highest BCUT2D eigenvalue weighted by Crippen LogP contribution is 2.39. The summed E-state index contributed by atoms with van der Waals surface area (Å²) in [5.41, 5.74) is 0.611. The molecule has 0 spiro atoms. The van der Waals surface area contributed by atoms with Crippen LogP contribution in [-0.2, 0) is 6.54 Å². The summed E-state index contributed by atoms with van der Waals surface area (Å²) in [5.74, 6) is 0.660. The number of halogens is 2. The molecule has 2 rings (SSSR count). The molecule has 0 aromatic heterocycles. The van der Waals surface area contributed by atoms with Crippen molar-refractivity contribution in [3.8, 4) is 11.5 Å². The van der Waals surface area contributed by atoms with Gasteiger partial charge in [-0.05, 0) is 15.9 Å². The highest BCUT2D eigenvalue weighted by atomic mass is 79.9. The van der Waals surface area contributed by atoms with Crippen molar-refractivity contribution in [2.45, 2.75) is 6.54 Å². The molecule has 1 fully saturated rings. The first-order valence-corrected chi connectivity index (χ1v) is 6.98. The number of ether oxygens (including phenoxy) is 2. The lowest BCUT2D eigenvalue weighted by molar-refractivity contribution is 0.229. The molecule has 0 unspecified atom stereocenters. The fraction of sp³-hybridized carbons (Fsp3) is 0.538. The van der Waals surface area contributed by atoms with Gasteiger partial charge in [0.2, 0.25) is 0 Å². The first-order chi connectivity index (χ1) is 9.17. The van der Waals surface area contributed by atoms with Gasteiger partial charge in [-0.1, -0.05) is 0 Å². The number of rotatable bonds is 4. The molecule has 0 amide bonds. The molecule has 1 aromatic carbocycles. The Morgan fingerprint density at radius 2 is 2.00 bits per heavy atom. The zero-order chi connectivity index (χ0) is 13.8. The van der Waals surface area contributed by atoms with E-state index < -0.39 is 0 Å². The summed E-state index contributed by atoms with van der Waals surface area (Å²) in [5, 5.41) is 3.28. The van der Waals surface area contributed by atoms with Gasteiger partial charge in [0.05, 0.1) is 18.7 Å². The minimum Gasteiger partial charge on any atom is -0.493 e. The van der Waals surface area contributed by atoms with Gasteiger partial charge in [-0.2, -0.15) is 0 Å². The lowest BCUT2D eigenvalue weighted by Crippen LogP contribution is -2.43. The van der Waals surface area contributed by atoms with Gasteiger partial charge in [0.15, 0.2) is 11.5 Å². The molecule has 4 nitrogen and oxygen atoms in total. The molecule has 19 heavy (non-hydrogen) atoms. The molecule has 1 N–H and O–H groups in total. The van der Waals surface area contributed by atoms with Gasteiger partial charge < -0.3 is 14.8 Å². The Bertz CT molecular complexity index is 451. The first kappa shape index (κ1) is 14.6. The van der Waals surface area contributed by atoms with E-state index in [-0.39, 0.29) is 5.82 Å². The maximum Gasteiger partial charge on any atom is 0.175 e. The Labute approximate surface area is 121 Å². The van der Waals surface area contributed by atoms with E-state index in [1.165, 1.54) is 13.2 Å². The molecule has 106 valence electrons. The van der Waals surface area contributed by atoms with E-state index in [0.717, 1.165) is 26.2 Å². The number of benzene rings is 1. The minimum atomic E-state index is -0.275. The van der Waals surface area contributed by atoms with E-state index in [1.54, 1.807) is 7.11 Å². The minimum absolute atomic E-state index is 0.275. The van der Waals surface area contributed by atoms with Gasteiger partial charge in [-0.25, -0.2) is 4.39 Å². The summed E-state index contributed by atoms with van der Waals surface area (Å²) >= 11 is 3.42. The van der Waals surface area contributed by atoms with Crippen molar-refractivity contribution in [3.05, 3.63) is 21.9 Å². The van der Waals surface area contributed by atoms with Gasteiger partial charge in [0.25, 0.3) is 0 Å². The third kappa shape index (κ3) is 3.19. The third-order valence-electron chi connectivity index (χ3n) is 3.25. The molecule has 0 aliphatic carbocycles. The lowest BCUT2D eigenvalue weighted by Gasteiger charge is -2.28. The fourth-order valence-electron chi connectivity index (χ4n) is 2.20. The van der Waals surface area contributed by atoms with Crippen LogP contribution in [0.2, 0.25) is 0 Å². The van der Waals surface area contributed by atoms with Crippen molar-refractivity contribution in [3.63, 3.8) is 0 Å². The van der Waals surface area contributed by atoms with Crippen LogP contribution < -0.4 is 14.8 Å². The monoisotopic (exact) mass is 332 g/mol. The predicted molar refractivity (Wildman–Crippen MR) is 75.4 cm³/mol. The van der Waals surface area contributed by atoms with Crippen molar-refractivity contribution in [2.75, 3.05) is 40.4 Å². The summed E-state index contributed by atoms with van der Waals surface area (Å²) in [6.45, 7) is 4.27. The SMILES string of the molecule is COc1cc(F)c(CN2CCNCC2)c(Br)c1OC. The number of piperazine rings is 1. The van der Waals surface area contributed by atoms with Crippen LogP contribution in [0.4, 0.5) is 4.39 Å². The number of hydrogen-bond donors (Lipinski definition) is 1. The van der Waals surface area contributed by atoms with Crippen LogP contribution in [0.3, 0.4) is 0 Å². The maximum absolute atomic E-state index is 14.2. The summed E-state index contributed by atoms with van der Waals surface area (Å²) in [6, 6.07) is 1.38. The lowest BCUT2D eigenvalue weighted by atomic mass is 10.1. The topological polar surface area (TPSA) is 33.7 Å². The molecule has 1 aliphatic rings. The number of methoxy groups -OCH3 is 2. The number of nitrogens with one attached hydrogen (secondary N) is 1. The van der Waals surface area contributed by atoms with Gasteiger partial charge >= 0.3 is 0 Å². The molecule has 0 bridgehead atoms. The third-order valence-corrected chi connectivity index (χ3v) is 4.09. The van der Waals surface area contributed by atoms with Crippen LogP contribution in [-0.4, -0.2) is 45.3 Å². The van der Waals surface area contributed by atoms with Crippen LogP contribution in [0.5, 0.6) is 11.5 Å². The standard InChI is InChI=1S/C13H18BrFN2O2/c1-18-11-7-10(15)9(12(14)13(11)19-2)8-17-5-3-16-4-6-17/h7,16H,3-6,8H2,1-2H3. The van der Waals surface area contributed by atoms with Crippen molar-refractivity contribution in [1.29, 1.82) is 0 Å². The molecule has 6 heteroatoms. The van der Waals surface area contributed by atoms with E-state index in [2.05, 4.69) is 26.1 Å². The van der Waals surface area contributed by atoms with Gasteiger partial charge in [0.1, 0.15) is 5.82 Å². The zero-order valence-corrected chi connectivity index (χ0v) is 12.7. The van der Waals surface area contributed by atoms with Crippen LogP contribution in [0, 0.1) is 5.82 Å². The quantitative estimate of drug-likeness (QED) is 0.914. The highest BCUT2D eigenvalue weighted by molar-refractivity contribution is 9.10. The highest BCUT2D eigenvalue weighted by Gasteiger charge is 2.20. The van der Waals surface area contributed by atoms with Gasteiger partial charge in [-0.3, -0.25) is 4.90 Å². The fourth-order valence-corrected chi connectivity index (χ4v) is 2.87. The first-order valence-electron chi connectivity index (χ1n) is 6.19. The zero-order valence-electron chi connectivity index (χ0n) is 11.1. The molecular formula is C13H18BrFN2O2. The van der Waals surface area contributed by atoms with Crippen LogP contribution >= 0.6 is 15.9 Å². The van der Waals surface area contributed by atoms with Crippen LogP contribution in [0.1, 0.15) is 5.56 Å². The van der Waals surface area contributed by atoms with Crippen molar-refractivity contribution in [1.82, 2.24) is 10.2 Å². The van der Waals surface area contributed by atoms with E-state index in [9.17, 15) is 4.39 Å². The Morgan fingerprint density at radius 1 is 1.32 bits per heavy atom. The Balaban J connectivity index is 2.28. The van der Waals surface area contributed by atoms with Gasteiger partial charge in [-0.15, -0.1) is 0 Å². The van der Waals surface area contributed by atoms with E-state index in [4.69, 9.17) is 9.47 Å². The normalized spacial score (nSPS) is 16.4. The Morgan fingerprint density at radius 3 is 2.58 bits per heavy atom. The summed E-state index contributed by atoms with van der Waals surface area (Å²) in [4.78, 5) is 2.21. The van der Waals surface area contributed by atoms with E-state index in [1.807, 2.05) is 0 Å². The second kappa shape index (κ2) is 6.54. The van der Waals surface area contributed by atoms with Gasteiger partial charge in [0, 0.05) is 44.4 Å². The van der Waals surface area contributed by atoms with Crippen molar-refractivity contribution >= 4 is 15.9 Å². The number of hydrogen-bond acceptors (Lipinski definition) is 4. The Hall–Kier alpha value is -0.850. The summed E-state index contributed by atoms with van der Waals surface area (Å²) in [7, 11) is 3.05. The smallest absolute Gasteiger partial charge is 0.175 e. The molecule has 1 aliphatic heterocycles. The maximum atomic E-state index is 14.2. The van der Waals surface area contributed by atoms with Crippen molar-refractivity contribution in [2.24, 2.45) is 0 Å². The largest absolute Gasteiger partial charge is 0.493 e. The van der Waals surface area contributed by atoms with E-state index >= 15 is 0 Å². The molecule has 0 saturated carbocycles. The van der Waals surface area contributed by atoms with Crippen LogP contribution in [0.25, 0.3) is 0 Å². The predicted octanol–water partition coefficient (Wildman–Crippen LogP) is 2.01. The second-order valence-electron chi connectivity index (χ2n) is 4.41. The average Bonchev–Trinajstić information content (AvgIpc) is 2.44. The molecule has 0 radical (unpaired) electrons. The molecule has 0 atom stereocenters. The molecular weight excluding hydrogens is 315 g/mol. The summed E-state index contributed by atoms with van der Waals surface area (Å²) in [6.07, 6.45) is 0. The molecule has 1 heterocycles. The number of nitrogens with zero attached hydrogens (tertiary/aromatic N) is 1. The summed E-state index contributed by atoms with van der Waals surface area (Å²) < 4.78 is 25.2. The molecule has 1 aromatic rings. The Kier molecular flexibility index (Phi) is 5.01. The second-order valence-corrected chi connectivity index (χ2v) is 5.21.